The molecule has 1 heterocycles. The van der Waals surface area contributed by atoms with Crippen molar-refractivity contribution in [3.8, 4) is 0 Å². The molecule has 1 aliphatic heterocycles. The molecule has 1 aromatic rings. The number of benzene rings is 1. The molecule has 7 nitrogen and oxygen atoms in total. The number of hydrogen-bond donors (Lipinski definition) is 0. The number of nitrogens with zero attached hydrogens (tertiary/aromatic N) is 1. The monoisotopic (exact) mass is 347 g/mol. The highest BCUT2D eigenvalue weighted by atomic mass is 32.2. The second kappa shape index (κ2) is 5.98. The summed E-state index contributed by atoms with van der Waals surface area (Å²) >= 11 is 0. The van der Waals surface area contributed by atoms with Crippen LogP contribution in [-0.2, 0) is 24.6 Å². The molecule has 0 N–H and O–H groups in total. The SMILES string of the molecule is COC(=O)c1ccc(S(=O)(=O)N(C)[C@@H]2CCS(=O)(=O)C2)cc1. The molecule has 1 aliphatic rings. The van der Waals surface area contributed by atoms with Crippen LogP contribution in [0.5, 0.6) is 0 Å². The molecule has 0 unspecified atom stereocenters. The van der Waals surface area contributed by atoms with E-state index in [4.69, 9.17) is 0 Å². The van der Waals surface area contributed by atoms with E-state index in [-0.39, 0.29) is 28.4 Å². The Morgan fingerprint density at radius 2 is 1.86 bits per heavy atom. The summed E-state index contributed by atoms with van der Waals surface area (Å²) < 4.78 is 53.6. The summed E-state index contributed by atoms with van der Waals surface area (Å²) in [7, 11) is -4.37. The van der Waals surface area contributed by atoms with Crippen LogP contribution in [0.3, 0.4) is 0 Å². The molecule has 0 bridgehead atoms. The van der Waals surface area contributed by atoms with E-state index < -0.39 is 31.9 Å². The summed E-state index contributed by atoms with van der Waals surface area (Å²) in [6.07, 6.45) is 0.290. The van der Waals surface area contributed by atoms with Gasteiger partial charge in [0.2, 0.25) is 10.0 Å². The van der Waals surface area contributed by atoms with Crippen LogP contribution in [0, 0.1) is 0 Å². The van der Waals surface area contributed by atoms with Gasteiger partial charge >= 0.3 is 5.97 Å². The zero-order valence-electron chi connectivity index (χ0n) is 12.2. The molecule has 0 spiro atoms. The number of carbonyl (C=O) groups excluding carboxylic acids is 1. The molecule has 0 aliphatic carbocycles. The number of carbonyl (C=O) groups is 1. The van der Waals surface area contributed by atoms with Gasteiger partial charge in [0.1, 0.15) is 0 Å². The fourth-order valence-electron chi connectivity index (χ4n) is 2.31. The average molecular weight is 347 g/mol. The third-order valence-electron chi connectivity index (χ3n) is 3.68. The molecule has 122 valence electrons. The molecule has 1 saturated heterocycles. The van der Waals surface area contributed by atoms with E-state index in [9.17, 15) is 21.6 Å². The first-order valence-corrected chi connectivity index (χ1v) is 9.80. The van der Waals surface area contributed by atoms with E-state index in [1.807, 2.05) is 0 Å². The molecule has 22 heavy (non-hydrogen) atoms. The maximum absolute atomic E-state index is 12.5. The van der Waals surface area contributed by atoms with Crippen LogP contribution >= 0.6 is 0 Å². The van der Waals surface area contributed by atoms with Crippen molar-refractivity contribution in [1.29, 1.82) is 0 Å². The van der Waals surface area contributed by atoms with Crippen LogP contribution in [0.1, 0.15) is 16.8 Å². The largest absolute Gasteiger partial charge is 0.465 e. The zero-order valence-corrected chi connectivity index (χ0v) is 13.9. The number of hydrogen-bond acceptors (Lipinski definition) is 6. The van der Waals surface area contributed by atoms with E-state index in [1.54, 1.807) is 0 Å². The lowest BCUT2D eigenvalue weighted by atomic mass is 10.2. The summed E-state index contributed by atoms with van der Waals surface area (Å²) in [5.74, 6) is -0.721. The van der Waals surface area contributed by atoms with Gasteiger partial charge in [0.25, 0.3) is 0 Å². The van der Waals surface area contributed by atoms with Gasteiger partial charge in [-0.2, -0.15) is 4.31 Å². The molecule has 0 amide bonds. The summed E-state index contributed by atoms with van der Waals surface area (Å²) in [5, 5.41) is 0. The first-order valence-electron chi connectivity index (χ1n) is 6.54. The molecular formula is C13H17NO6S2. The van der Waals surface area contributed by atoms with Crippen molar-refractivity contribution in [1.82, 2.24) is 4.31 Å². The second-order valence-corrected chi connectivity index (χ2v) is 9.32. The summed E-state index contributed by atoms with van der Waals surface area (Å²) in [5.41, 5.74) is 0.243. The first-order chi connectivity index (χ1) is 10.2. The lowest BCUT2D eigenvalue weighted by Gasteiger charge is -2.22. The van der Waals surface area contributed by atoms with Gasteiger partial charge in [-0.05, 0) is 30.7 Å². The van der Waals surface area contributed by atoms with E-state index >= 15 is 0 Å². The lowest BCUT2D eigenvalue weighted by molar-refractivity contribution is 0.0600. The average Bonchev–Trinajstić information content (AvgIpc) is 2.85. The Morgan fingerprint density at radius 3 is 2.32 bits per heavy atom. The highest BCUT2D eigenvalue weighted by molar-refractivity contribution is 7.92. The van der Waals surface area contributed by atoms with Crippen molar-refractivity contribution in [2.45, 2.75) is 17.4 Å². The second-order valence-electron chi connectivity index (χ2n) is 5.09. The Bertz CT molecular complexity index is 767. The molecule has 2 rings (SSSR count). The van der Waals surface area contributed by atoms with Crippen molar-refractivity contribution in [2.75, 3.05) is 25.7 Å². The molecule has 1 atom stereocenters. The highest BCUT2D eigenvalue weighted by Gasteiger charge is 2.36. The predicted octanol–water partition coefficient (Wildman–Crippen LogP) is 0.281. The fraction of sp³-hybridized carbons (Fsp3) is 0.462. The smallest absolute Gasteiger partial charge is 0.337 e. The normalized spacial score (nSPS) is 21.0. The topological polar surface area (TPSA) is 97.8 Å². The minimum atomic E-state index is -3.81. The van der Waals surface area contributed by atoms with Crippen molar-refractivity contribution < 1.29 is 26.4 Å². The van der Waals surface area contributed by atoms with Crippen molar-refractivity contribution >= 4 is 25.8 Å². The predicted molar refractivity (Wildman–Crippen MR) is 79.8 cm³/mol. The van der Waals surface area contributed by atoms with E-state index in [0.717, 1.165) is 4.31 Å². The molecule has 9 heteroatoms. The highest BCUT2D eigenvalue weighted by Crippen LogP contribution is 2.23. The van der Waals surface area contributed by atoms with E-state index in [2.05, 4.69) is 4.74 Å². The Morgan fingerprint density at radius 1 is 1.27 bits per heavy atom. The van der Waals surface area contributed by atoms with Crippen LogP contribution in [0.15, 0.2) is 29.2 Å². The zero-order chi connectivity index (χ0) is 16.5. The third-order valence-corrected chi connectivity index (χ3v) is 7.35. The molecule has 0 radical (unpaired) electrons. The van der Waals surface area contributed by atoms with Crippen LogP contribution in [0.2, 0.25) is 0 Å². The summed E-state index contributed by atoms with van der Waals surface area (Å²) in [4.78, 5) is 11.3. The molecular weight excluding hydrogens is 330 g/mol. The van der Waals surface area contributed by atoms with Crippen molar-refractivity contribution in [3.63, 3.8) is 0 Å². The van der Waals surface area contributed by atoms with Crippen LogP contribution in [0.4, 0.5) is 0 Å². The Balaban J connectivity index is 2.25. The number of sulfone groups is 1. The van der Waals surface area contributed by atoms with Gasteiger partial charge in [0.05, 0.1) is 29.1 Å². The number of rotatable bonds is 4. The molecule has 0 aromatic heterocycles. The minimum Gasteiger partial charge on any atom is -0.465 e. The number of methoxy groups -OCH3 is 1. The Labute approximate surface area is 129 Å². The minimum absolute atomic E-state index is 0.00119. The molecule has 1 fully saturated rings. The maximum Gasteiger partial charge on any atom is 0.337 e. The van der Waals surface area contributed by atoms with Gasteiger partial charge in [-0.3, -0.25) is 0 Å². The maximum atomic E-state index is 12.5. The van der Waals surface area contributed by atoms with E-state index in [0.29, 0.717) is 0 Å². The number of sulfonamides is 1. The standard InChI is InChI=1S/C13H17NO6S2/c1-14(11-7-8-21(16,17)9-11)22(18,19)12-5-3-10(4-6-12)13(15)20-2/h3-6,11H,7-9H2,1-2H3/t11-/m1/s1. The van der Waals surface area contributed by atoms with Gasteiger partial charge in [0.15, 0.2) is 9.84 Å². The number of ether oxygens (including phenoxy) is 1. The van der Waals surface area contributed by atoms with Crippen LogP contribution < -0.4 is 0 Å². The van der Waals surface area contributed by atoms with Crippen LogP contribution in [0.25, 0.3) is 0 Å². The van der Waals surface area contributed by atoms with Crippen molar-refractivity contribution in [3.05, 3.63) is 29.8 Å². The van der Waals surface area contributed by atoms with E-state index in [1.165, 1.54) is 38.4 Å². The fourth-order valence-corrected chi connectivity index (χ4v) is 5.56. The summed E-state index contributed by atoms with van der Waals surface area (Å²) in [6, 6.07) is 4.77. The Hall–Kier alpha value is -1.45. The third kappa shape index (κ3) is 3.31. The van der Waals surface area contributed by atoms with Gasteiger partial charge in [0, 0.05) is 13.1 Å². The van der Waals surface area contributed by atoms with Crippen molar-refractivity contribution in [2.24, 2.45) is 0 Å². The summed E-state index contributed by atoms with van der Waals surface area (Å²) in [6.45, 7) is 0. The Kier molecular flexibility index (Phi) is 4.59. The quantitative estimate of drug-likeness (QED) is 0.726. The first kappa shape index (κ1) is 16.9. The lowest BCUT2D eigenvalue weighted by Crippen LogP contribution is -2.37. The number of esters is 1. The van der Waals surface area contributed by atoms with Gasteiger partial charge in [-0.1, -0.05) is 0 Å². The molecule has 1 aromatic carbocycles. The van der Waals surface area contributed by atoms with Crippen LogP contribution in [-0.4, -0.2) is 58.8 Å². The molecule has 0 saturated carbocycles. The van der Waals surface area contributed by atoms with Gasteiger partial charge in [-0.25, -0.2) is 21.6 Å². The van der Waals surface area contributed by atoms with Gasteiger partial charge in [-0.15, -0.1) is 0 Å². The van der Waals surface area contributed by atoms with Gasteiger partial charge < -0.3 is 4.74 Å².